The highest BCUT2D eigenvalue weighted by molar-refractivity contribution is 9.11. The van der Waals surface area contributed by atoms with Gasteiger partial charge in [-0.2, -0.15) is 0 Å². The molecule has 0 unspecified atom stereocenters. The zero-order valence-electron chi connectivity index (χ0n) is 9.89. The van der Waals surface area contributed by atoms with Crippen LogP contribution in [-0.2, 0) is 10.7 Å². The molecule has 0 N–H and O–H groups in total. The predicted octanol–water partition coefficient (Wildman–Crippen LogP) is 6.78. The Bertz CT molecular complexity index is 530. The molecule has 0 aliphatic rings. The summed E-state index contributed by atoms with van der Waals surface area (Å²) in [7, 11) is 0. The topological polar surface area (TPSA) is 25.8 Å². The van der Waals surface area contributed by atoms with E-state index in [9.17, 15) is 0 Å². The number of alkyl halides is 2. The summed E-state index contributed by atoms with van der Waals surface area (Å²) in [4.78, 5) is 8.01. The number of hydrogen-bond donors (Lipinski definition) is 0. The van der Waals surface area contributed by atoms with Gasteiger partial charge in [0, 0.05) is 23.1 Å². The van der Waals surface area contributed by atoms with Crippen LogP contribution >= 0.6 is 86.9 Å². The number of hydrogen-bond acceptors (Lipinski definition) is 2. The fourth-order valence-electron chi connectivity index (χ4n) is 1.12. The van der Waals surface area contributed by atoms with Crippen LogP contribution in [0.1, 0.15) is 11.1 Å². The maximum absolute atomic E-state index is 5.69. The minimum Gasteiger partial charge on any atom is -0.247 e. The van der Waals surface area contributed by atoms with Gasteiger partial charge < -0.3 is 0 Å². The molecule has 0 aliphatic heterocycles. The molecule has 0 spiro atoms. The van der Waals surface area contributed by atoms with E-state index in [1.54, 1.807) is 12.4 Å². The number of aromatic nitrogens is 2. The molecule has 8 heteroatoms. The Balaban J connectivity index is 0.000000200. The van der Waals surface area contributed by atoms with Crippen molar-refractivity contribution < 1.29 is 0 Å². The molecule has 2 aromatic rings. The Hall–Kier alpha value is 0.800. The second kappa shape index (κ2) is 9.74. The van der Waals surface area contributed by atoms with E-state index < -0.39 is 0 Å². The summed E-state index contributed by atoms with van der Waals surface area (Å²) in [5.41, 5.74) is 2.13. The van der Waals surface area contributed by atoms with Crippen LogP contribution in [0, 0.1) is 0 Å². The number of rotatable bonds is 2. The van der Waals surface area contributed by atoms with Crippen LogP contribution in [-0.4, -0.2) is 9.97 Å². The van der Waals surface area contributed by atoms with E-state index in [1.807, 2.05) is 12.1 Å². The average Bonchev–Trinajstić information content (AvgIpc) is 2.44. The van der Waals surface area contributed by atoms with Crippen LogP contribution in [0.4, 0.5) is 0 Å². The van der Waals surface area contributed by atoms with Gasteiger partial charge in [0.1, 0.15) is 9.21 Å². The third-order valence-corrected chi connectivity index (χ3v) is 5.09. The Morgan fingerprint density at radius 3 is 1.40 bits per heavy atom. The van der Waals surface area contributed by atoms with Gasteiger partial charge in [0.25, 0.3) is 0 Å². The van der Waals surface area contributed by atoms with Crippen molar-refractivity contribution in [2.45, 2.75) is 10.7 Å². The van der Waals surface area contributed by atoms with Crippen molar-refractivity contribution in [2.75, 3.05) is 0 Å². The van der Waals surface area contributed by atoms with Crippen LogP contribution in [0.2, 0.25) is 10.0 Å². The fourth-order valence-corrected chi connectivity index (χ4v) is 3.80. The predicted molar refractivity (Wildman–Crippen MR) is 99.2 cm³/mol. The maximum Gasteiger partial charge on any atom is 0.110 e. The van der Waals surface area contributed by atoms with Gasteiger partial charge in [-0.15, -0.1) is 0 Å². The highest BCUT2D eigenvalue weighted by atomic mass is 79.9. The Kier molecular flexibility index (Phi) is 9.18. The molecule has 0 radical (unpaired) electrons. The van der Waals surface area contributed by atoms with Crippen molar-refractivity contribution in [1.82, 2.24) is 9.97 Å². The van der Waals surface area contributed by atoms with Gasteiger partial charge in [-0.25, -0.2) is 9.97 Å². The van der Waals surface area contributed by atoms with Crippen molar-refractivity contribution in [3.63, 3.8) is 0 Å². The van der Waals surface area contributed by atoms with Crippen molar-refractivity contribution in [1.29, 1.82) is 0 Å². The first-order valence-corrected chi connectivity index (χ1v) is 9.78. The Morgan fingerprint density at radius 1 is 0.800 bits per heavy atom. The Labute approximate surface area is 161 Å². The van der Waals surface area contributed by atoms with Crippen LogP contribution in [0.25, 0.3) is 0 Å². The van der Waals surface area contributed by atoms with Crippen molar-refractivity contribution in [3.8, 4) is 0 Å². The van der Waals surface area contributed by atoms with E-state index in [4.69, 9.17) is 23.2 Å². The summed E-state index contributed by atoms with van der Waals surface area (Å²) in [6.07, 6.45) is 3.22. The highest BCUT2D eigenvalue weighted by Gasteiger charge is 1.99. The van der Waals surface area contributed by atoms with Crippen molar-refractivity contribution >= 4 is 86.9 Å². The zero-order valence-corrected chi connectivity index (χ0v) is 17.7. The molecular formula is C12H8Br4Cl2N2. The second-order valence-electron chi connectivity index (χ2n) is 3.47. The summed E-state index contributed by atoms with van der Waals surface area (Å²) < 4.78 is 1.68. The molecular weight excluding hydrogens is 563 g/mol. The van der Waals surface area contributed by atoms with Crippen LogP contribution < -0.4 is 0 Å². The molecule has 20 heavy (non-hydrogen) atoms. The molecule has 0 saturated carbocycles. The normalized spacial score (nSPS) is 9.90. The fraction of sp³-hybridized carbons (Fsp3) is 0.167. The molecule has 108 valence electrons. The lowest BCUT2D eigenvalue weighted by Gasteiger charge is -1.97. The van der Waals surface area contributed by atoms with Crippen molar-refractivity contribution in [2.24, 2.45) is 0 Å². The van der Waals surface area contributed by atoms with Crippen LogP contribution in [0.5, 0.6) is 0 Å². The monoisotopic (exact) mass is 566 g/mol. The summed E-state index contributed by atoms with van der Waals surface area (Å²) in [5.74, 6) is 0. The molecule has 2 aromatic heterocycles. The quantitative estimate of drug-likeness (QED) is 0.294. The first-order valence-electron chi connectivity index (χ1n) is 5.19. The lowest BCUT2D eigenvalue weighted by molar-refractivity contribution is 1.21. The van der Waals surface area contributed by atoms with E-state index in [-0.39, 0.29) is 0 Å². The minimum absolute atomic E-state index is 0.664. The lowest BCUT2D eigenvalue weighted by Crippen LogP contribution is -1.83. The molecule has 2 nitrogen and oxygen atoms in total. The molecule has 0 aliphatic carbocycles. The Morgan fingerprint density at radius 2 is 1.15 bits per heavy atom. The summed E-state index contributed by atoms with van der Waals surface area (Å²) >= 11 is 24.6. The molecule has 2 rings (SSSR count). The molecule has 0 amide bonds. The maximum atomic E-state index is 5.69. The van der Waals surface area contributed by atoms with E-state index in [0.717, 1.165) is 31.0 Å². The van der Waals surface area contributed by atoms with Gasteiger partial charge in [-0.1, -0.05) is 55.1 Å². The molecule has 0 atom stereocenters. The summed E-state index contributed by atoms with van der Waals surface area (Å²) in [6.45, 7) is 0. The molecule has 2 heterocycles. The standard InChI is InChI=1S/2C6H4Br2ClN/c2*7-2-4-1-5(9)3-10-6(4)8/h2*1,3H,2H2. The lowest BCUT2D eigenvalue weighted by atomic mass is 10.3. The average molecular weight is 571 g/mol. The molecule has 0 saturated heterocycles. The second-order valence-corrected chi connectivity index (χ2v) is 6.97. The van der Waals surface area contributed by atoms with Gasteiger partial charge >= 0.3 is 0 Å². The first-order chi connectivity index (χ1) is 9.47. The van der Waals surface area contributed by atoms with E-state index >= 15 is 0 Å². The highest BCUT2D eigenvalue weighted by Crippen LogP contribution is 2.20. The number of halogens is 6. The smallest absolute Gasteiger partial charge is 0.110 e. The third-order valence-electron chi connectivity index (χ3n) is 2.04. The van der Waals surface area contributed by atoms with Gasteiger partial charge in [-0.3, -0.25) is 0 Å². The van der Waals surface area contributed by atoms with Gasteiger partial charge in [0.05, 0.1) is 10.0 Å². The zero-order chi connectivity index (χ0) is 15.1. The third kappa shape index (κ3) is 6.28. The summed E-state index contributed by atoms with van der Waals surface area (Å²) in [6, 6.07) is 3.74. The van der Waals surface area contributed by atoms with E-state index in [2.05, 4.69) is 73.7 Å². The molecule has 0 bridgehead atoms. The van der Waals surface area contributed by atoms with Crippen molar-refractivity contribution in [3.05, 3.63) is 54.9 Å². The SMILES string of the molecule is Clc1cnc(Br)c(CBr)c1.Clc1cnc(Br)c(CBr)c1. The van der Waals surface area contributed by atoms with E-state index in [1.165, 1.54) is 0 Å². The molecule has 0 aromatic carbocycles. The van der Waals surface area contributed by atoms with Gasteiger partial charge in [0.2, 0.25) is 0 Å². The largest absolute Gasteiger partial charge is 0.247 e. The van der Waals surface area contributed by atoms with Crippen LogP contribution in [0.3, 0.4) is 0 Å². The molecule has 0 fully saturated rings. The number of nitrogens with zero attached hydrogens (tertiary/aromatic N) is 2. The first kappa shape index (κ1) is 18.8. The van der Waals surface area contributed by atoms with Gasteiger partial charge in [0.15, 0.2) is 0 Å². The number of pyridine rings is 2. The minimum atomic E-state index is 0.664. The van der Waals surface area contributed by atoms with Crippen LogP contribution in [0.15, 0.2) is 33.7 Å². The van der Waals surface area contributed by atoms with E-state index in [0.29, 0.717) is 10.0 Å². The van der Waals surface area contributed by atoms with Gasteiger partial charge in [-0.05, 0) is 55.1 Å². The summed E-state index contributed by atoms with van der Waals surface area (Å²) in [5, 5.41) is 2.86.